The molecule has 0 aliphatic carbocycles. The van der Waals surface area contributed by atoms with Gasteiger partial charge in [-0.2, -0.15) is 0 Å². The van der Waals surface area contributed by atoms with E-state index in [-0.39, 0.29) is 18.4 Å². The second-order valence-corrected chi connectivity index (χ2v) is 6.92. The molecular weight excluding hydrogens is 344 g/mol. The summed E-state index contributed by atoms with van der Waals surface area (Å²) in [5.41, 5.74) is 1.03. The zero-order chi connectivity index (χ0) is 14.7. The largest absolute Gasteiger partial charge is 0.377 e. The fourth-order valence-corrected chi connectivity index (χ4v) is 3.55. The van der Waals surface area contributed by atoms with E-state index in [1.165, 1.54) is 11.3 Å². The van der Waals surface area contributed by atoms with Crippen molar-refractivity contribution in [2.24, 2.45) is 0 Å². The molecule has 0 saturated carbocycles. The van der Waals surface area contributed by atoms with E-state index in [1.807, 2.05) is 19.9 Å². The number of hydrogen-bond donors (Lipinski definition) is 1. The summed E-state index contributed by atoms with van der Waals surface area (Å²) >= 11 is 4.82. The number of morpholine rings is 1. The van der Waals surface area contributed by atoms with Gasteiger partial charge in [-0.3, -0.25) is 9.59 Å². The van der Waals surface area contributed by atoms with Crippen LogP contribution >= 0.6 is 27.3 Å². The van der Waals surface area contributed by atoms with Crippen LogP contribution in [0.15, 0.2) is 9.85 Å². The highest BCUT2D eigenvalue weighted by Crippen LogP contribution is 2.29. The summed E-state index contributed by atoms with van der Waals surface area (Å²) in [4.78, 5) is 26.8. The van der Waals surface area contributed by atoms with Crippen LogP contribution in [0.5, 0.6) is 0 Å². The van der Waals surface area contributed by atoms with Crippen LogP contribution in [0.25, 0.3) is 0 Å². The van der Waals surface area contributed by atoms with Crippen LogP contribution in [0.2, 0.25) is 0 Å². The van der Waals surface area contributed by atoms with Crippen LogP contribution in [-0.4, -0.2) is 49.1 Å². The van der Waals surface area contributed by atoms with Gasteiger partial charge in [0.2, 0.25) is 5.91 Å². The van der Waals surface area contributed by atoms with Gasteiger partial charge in [0, 0.05) is 13.1 Å². The van der Waals surface area contributed by atoms with Crippen molar-refractivity contribution in [1.82, 2.24) is 10.2 Å². The van der Waals surface area contributed by atoms with Crippen molar-refractivity contribution in [2.45, 2.75) is 19.9 Å². The summed E-state index contributed by atoms with van der Waals surface area (Å²) in [6.45, 7) is 5.50. The van der Waals surface area contributed by atoms with Crippen molar-refractivity contribution in [3.63, 3.8) is 0 Å². The molecule has 1 saturated heterocycles. The Hall–Kier alpha value is -0.920. The van der Waals surface area contributed by atoms with Crippen LogP contribution < -0.4 is 5.32 Å². The van der Waals surface area contributed by atoms with Gasteiger partial charge in [0.1, 0.15) is 6.04 Å². The zero-order valence-electron chi connectivity index (χ0n) is 11.4. The number of carbonyl (C=O) groups excluding carboxylic acids is 2. The number of hydrogen-bond acceptors (Lipinski definition) is 4. The molecule has 1 unspecified atom stereocenters. The van der Waals surface area contributed by atoms with Crippen molar-refractivity contribution in [3.05, 3.63) is 20.3 Å². The highest BCUT2D eigenvalue weighted by molar-refractivity contribution is 9.11. The molecule has 2 rings (SSSR count). The highest BCUT2D eigenvalue weighted by atomic mass is 79.9. The molecule has 20 heavy (non-hydrogen) atoms. The summed E-state index contributed by atoms with van der Waals surface area (Å²) in [7, 11) is 0. The first-order valence-electron chi connectivity index (χ1n) is 6.47. The summed E-state index contributed by atoms with van der Waals surface area (Å²) in [5.74, 6) is -0.267. The predicted octanol–water partition coefficient (Wildman–Crippen LogP) is 1.80. The van der Waals surface area contributed by atoms with E-state index in [9.17, 15) is 9.59 Å². The van der Waals surface area contributed by atoms with Gasteiger partial charge in [0.15, 0.2) is 0 Å². The molecule has 0 aromatic carbocycles. The minimum atomic E-state index is -0.544. The molecule has 0 radical (unpaired) electrons. The maximum absolute atomic E-state index is 12.6. The highest BCUT2D eigenvalue weighted by Gasteiger charge is 2.33. The molecule has 2 heterocycles. The Labute approximate surface area is 130 Å². The minimum Gasteiger partial charge on any atom is -0.377 e. The second-order valence-electron chi connectivity index (χ2n) is 4.55. The van der Waals surface area contributed by atoms with E-state index in [4.69, 9.17) is 4.74 Å². The number of rotatable bonds is 3. The third kappa shape index (κ3) is 3.21. The summed E-state index contributed by atoms with van der Waals surface area (Å²) in [5, 5.41) is 2.75. The van der Waals surface area contributed by atoms with Crippen LogP contribution in [0, 0.1) is 6.92 Å². The average molecular weight is 361 g/mol. The van der Waals surface area contributed by atoms with E-state index < -0.39 is 6.04 Å². The van der Waals surface area contributed by atoms with E-state index in [2.05, 4.69) is 21.2 Å². The van der Waals surface area contributed by atoms with Gasteiger partial charge in [-0.1, -0.05) is 0 Å². The third-order valence-corrected chi connectivity index (χ3v) is 5.24. The number of nitrogens with zero attached hydrogens (tertiary/aromatic N) is 1. The molecular formula is C13H17BrN2O3S. The quantitative estimate of drug-likeness (QED) is 0.893. The van der Waals surface area contributed by atoms with E-state index >= 15 is 0 Å². The molecule has 5 nitrogen and oxygen atoms in total. The molecule has 1 atom stereocenters. The first kappa shape index (κ1) is 15.5. The van der Waals surface area contributed by atoms with Gasteiger partial charge in [-0.25, -0.2) is 0 Å². The molecule has 1 aromatic heterocycles. The minimum absolute atomic E-state index is 0.108. The maximum Gasteiger partial charge on any atom is 0.264 e. The van der Waals surface area contributed by atoms with Gasteiger partial charge in [-0.15, -0.1) is 11.3 Å². The Morgan fingerprint density at radius 1 is 1.60 bits per heavy atom. The standard InChI is InChI=1S/C13H17BrN2O3S/c1-3-15-12(17)9-7-19-5-4-16(9)13(18)10-6-8(2)11(14)20-10/h6,9H,3-5,7H2,1-2H3,(H,15,17). The summed E-state index contributed by atoms with van der Waals surface area (Å²) in [6.07, 6.45) is 0. The molecule has 1 aromatic rings. The smallest absolute Gasteiger partial charge is 0.264 e. The molecule has 0 bridgehead atoms. The fourth-order valence-electron chi connectivity index (χ4n) is 2.06. The zero-order valence-corrected chi connectivity index (χ0v) is 13.8. The number of halogens is 1. The first-order valence-corrected chi connectivity index (χ1v) is 8.08. The SMILES string of the molecule is CCNC(=O)C1COCCN1C(=O)c1cc(C)c(Br)s1. The molecule has 1 N–H and O–H groups in total. The average Bonchev–Trinajstić information content (AvgIpc) is 2.78. The first-order chi connectivity index (χ1) is 9.54. The lowest BCUT2D eigenvalue weighted by Gasteiger charge is -2.34. The molecule has 1 fully saturated rings. The van der Waals surface area contributed by atoms with Crippen molar-refractivity contribution in [3.8, 4) is 0 Å². The summed E-state index contributed by atoms with van der Waals surface area (Å²) < 4.78 is 6.28. The Morgan fingerprint density at radius 2 is 2.35 bits per heavy atom. The molecule has 0 spiro atoms. The van der Waals surface area contributed by atoms with Crippen LogP contribution in [0.3, 0.4) is 0 Å². The van der Waals surface area contributed by atoms with Gasteiger partial charge < -0.3 is 15.0 Å². The lowest BCUT2D eigenvalue weighted by molar-refractivity contribution is -0.130. The van der Waals surface area contributed by atoms with Gasteiger partial charge >= 0.3 is 0 Å². The third-order valence-electron chi connectivity index (χ3n) is 3.11. The Balaban J connectivity index is 2.19. The fraction of sp³-hybridized carbons (Fsp3) is 0.538. The number of aryl methyl sites for hydroxylation is 1. The Morgan fingerprint density at radius 3 is 2.95 bits per heavy atom. The number of likely N-dealkylation sites (N-methyl/N-ethyl adjacent to an activating group) is 1. The second kappa shape index (κ2) is 6.69. The molecule has 1 aliphatic rings. The lowest BCUT2D eigenvalue weighted by Crippen LogP contribution is -2.55. The predicted molar refractivity (Wildman–Crippen MR) is 81.1 cm³/mol. The molecule has 7 heteroatoms. The summed E-state index contributed by atoms with van der Waals surface area (Å²) in [6, 6.07) is 1.30. The topological polar surface area (TPSA) is 58.6 Å². The maximum atomic E-state index is 12.6. The van der Waals surface area contributed by atoms with Crippen molar-refractivity contribution < 1.29 is 14.3 Å². The number of carbonyl (C=O) groups is 2. The van der Waals surface area contributed by atoms with Gasteiger partial charge in [-0.05, 0) is 41.4 Å². The van der Waals surface area contributed by atoms with E-state index in [1.54, 1.807) is 4.90 Å². The lowest BCUT2D eigenvalue weighted by atomic mass is 10.2. The van der Waals surface area contributed by atoms with Crippen molar-refractivity contribution in [2.75, 3.05) is 26.3 Å². The number of ether oxygens (including phenoxy) is 1. The van der Waals surface area contributed by atoms with Crippen molar-refractivity contribution >= 4 is 39.1 Å². The Bertz CT molecular complexity index is 498. The normalized spacial score (nSPS) is 18.9. The van der Waals surface area contributed by atoms with E-state index in [0.717, 1.165) is 9.35 Å². The Kier molecular flexibility index (Phi) is 5.17. The van der Waals surface area contributed by atoms with Crippen molar-refractivity contribution in [1.29, 1.82) is 0 Å². The van der Waals surface area contributed by atoms with Crippen LogP contribution in [0.4, 0.5) is 0 Å². The number of thiophene rings is 1. The number of amides is 2. The van der Waals surface area contributed by atoms with Gasteiger partial charge in [0.25, 0.3) is 5.91 Å². The number of nitrogens with one attached hydrogen (secondary N) is 1. The van der Waals surface area contributed by atoms with Crippen LogP contribution in [0.1, 0.15) is 22.2 Å². The van der Waals surface area contributed by atoms with Crippen LogP contribution in [-0.2, 0) is 9.53 Å². The van der Waals surface area contributed by atoms with Gasteiger partial charge in [0.05, 0.1) is 21.9 Å². The molecule has 1 aliphatic heterocycles. The monoisotopic (exact) mass is 360 g/mol. The molecule has 110 valence electrons. The molecule has 2 amide bonds. The van der Waals surface area contributed by atoms with E-state index in [0.29, 0.717) is 24.6 Å².